The summed E-state index contributed by atoms with van der Waals surface area (Å²) in [6.45, 7) is 8.52. The Kier molecular flexibility index (Phi) is 5.14. The first-order chi connectivity index (χ1) is 10.7. The Labute approximate surface area is 143 Å². The van der Waals surface area contributed by atoms with Gasteiger partial charge in [-0.15, -0.1) is 0 Å². The number of amides is 1. The number of hydrogen-bond donors (Lipinski definition) is 2. The van der Waals surface area contributed by atoms with E-state index in [9.17, 15) is 4.79 Å². The average molecular weight is 335 g/mol. The van der Waals surface area contributed by atoms with Gasteiger partial charge in [0, 0.05) is 11.6 Å². The summed E-state index contributed by atoms with van der Waals surface area (Å²) in [5, 5.41) is 6.83. The van der Waals surface area contributed by atoms with Crippen molar-refractivity contribution >= 4 is 28.9 Å². The van der Waals surface area contributed by atoms with E-state index < -0.39 is 0 Å². The fraction of sp³-hybridized carbons (Fsp3) is 0.529. The maximum absolute atomic E-state index is 12.4. The van der Waals surface area contributed by atoms with E-state index >= 15 is 0 Å². The minimum absolute atomic E-state index is 0.0385. The van der Waals surface area contributed by atoms with Crippen LogP contribution in [-0.4, -0.2) is 41.2 Å². The smallest absolute Gasteiger partial charge is 0.244 e. The molecule has 0 aliphatic carbocycles. The van der Waals surface area contributed by atoms with E-state index in [4.69, 9.17) is 17.0 Å². The van der Waals surface area contributed by atoms with Crippen molar-refractivity contribution in [2.24, 2.45) is 0 Å². The molecule has 1 aromatic carbocycles. The van der Waals surface area contributed by atoms with Gasteiger partial charge in [-0.25, -0.2) is 0 Å². The number of rotatable bonds is 4. The number of nitrogens with one attached hydrogen (secondary N) is 2. The third kappa shape index (κ3) is 4.34. The first kappa shape index (κ1) is 17.5. The molecule has 23 heavy (non-hydrogen) atoms. The van der Waals surface area contributed by atoms with Crippen molar-refractivity contribution in [2.45, 2.75) is 45.7 Å². The van der Waals surface area contributed by atoms with Gasteiger partial charge in [0.15, 0.2) is 5.11 Å². The number of methoxy groups -OCH3 is 1. The molecule has 1 saturated heterocycles. The van der Waals surface area contributed by atoms with Crippen LogP contribution in [0.25, 0.3) is 0 Å². The van der Waals surface area contributed by atoms with E-state index in [1.807, 2.05) is 30.0 Å². The lowest BCUT2D eigenvalue weighted by molar-refractivity contribution is -0.117. The second kappa shape index (κ2) is 6.74. The zero-order valence-corrected chi connectivity index (χ0v) is 15.2. The van der Waals surface area contributed by atoms with E-state index in [1.165, 1.54) is 0 Å². The van der Waals surface area contributed by atoms with Crippen LogP contribution in [0.15, 0.2) is 18.2 Å². The normalized spacial score (nSPS) is 20.0. The highest BCUT2D eigenvalue weighted by Crippen LogP contribution is 2.26. The number of aryl methyl sites for hydroxylation is 1. The topological polar surface area (TPSA) is 53.6 Å². The largest absolute Gasteiger partial charge is 0.495 e. The summed E-state index contributed by atoms with van der Waals surface area (Å²) < 4.78 is 5.29. The van der Waals surface area contributed by atoms with Gasteiger partial charge in [0.1, 0.15) is 5.75 Å². The highest BCUT2D eigenvalue weighted by molar-refractivity contribution is 7.80. The Morgan fingerprint density at radius 1 is 1.52 bits per heavy atom. The second-order valence-electron chi connectivity index (χ2n) is 6.75. The van der Waals surface area contributed by atoms with Crippen LogP contribution < -0.4 is 15.4 Å². The summed E-state index contributed by atoms with van der Waals surface area (Å²) in [5.41, 5.74) is 1.70. The van der Waals surface area contributed by atoms with Crippen molar-refractivity contribution in [3.63, 3.8) is 0 Å². The maximum Gasteiger partial charge on any atom is 0.244 e. The molecule has 1 amide bonds. The minimum Gasteiger partial charge on any atom is -0.495 e. The predicted molar refractivity (Wildman–Crippen MR) is 97.0 cm³/mol. The zero-order valence-electron chi connectivity index (χ0n) is 14.4. The lowest BCUT2D eigenvalue weighted by atomic mass is 9.93. The molecule has 6 heteroatoms. The van der Waals surface area contributed by atoms with Crippen molar-refractivity contribution in [1.29, 1.82) is 0 Å². The summed E-state index contributed by atoms with van der Waals surface area (Å²) in [4.78, 5) is 14.3. The van der Waals surface area contributed by atoms with Gasteiger partial charge in [0.05, 0.1) is 19.3 Å². The quantitative estimate of drug-likeness (QED) is 0.829. The number of nitrogens with zero attached hydrogens (tertiary/aromatic N) is 1. The average Bonchev–Trinajstić information content (AvgIpc) is 2.42. The molecule has 2 rings (SSSR count). The monoisotopic (exact) mass is 335 g/mol. The fourth-order valence-electron chi connectivity index (χ4n) is 2.95. The number of anilines is 1. The van der Waals surface area contributed by atoms with E-state index in [1.54, 1.807) is 7.11 Å². The molecule has 126 valence electrons. The van der Waals surface area contributed by atoms with Gasteiger partial charge in [0.25, 0.3) is 0 Å². The van der Waals surface area contributed by atoms with Crippen molar-refractivity contribution in [2.75, 3.05) is 19.0 Å². The molecule has 0 aromatic heterocycles. The van der Waals surface area contributed by atoms with Crippen LogP contribution in [0.3, 0.4) is 0 Å². The van der Waals surface area contributed by atoms with Crippen LogP contribution in [-0.2, 0) is 4.79 Å². The molecule has 0 radical (unpaired) electrons. The highest BCUT2D eigenvalue weighted by Gasteiger charge is 2.33. The van der Waals surface area contributed by atoms with Crippen molar-refractivity contribution in [3.8, 4) is 5.75 Å². The fourth-order valence-corrected chi connectivity index (χ4v) is 3.47. The molecular weight excluding hydrogens is 310 g/mol. The molecule has 1 aromatic rings. The van der Waals surface area contributed by atoms with Crippen LogP contribution in [0.4, 0.5) is 5.69 Å². The van der Waals surface area contributed by atoms with Crippen molar-refractivity contribution < 1.29 is 9.53 Å². The molecule has 2 N–H and O–H groups in total. The second-order valence-corrected chi connectivity index (χ2v) is 7.13. The van der Waals surface area contributed by atoms with Crippen LogP contribution >= 0.6 is 12.2 Å². The van der Waals surface area contributed by atoms with Gasteiger partial charge in [-0.1, -0.05) is 6.07 Å². The molecule has 1 fully saturated rings. The summed E-state index contributed by atoms with van der Waals surface area (Å²) in [6, 6.07) is 5.91. The van der Waals surface area contributed by atoms with Gasteiger partial charge >= 0.3 is 0 Å². The lowest BCUT2D eigenvalue weighted by Gasteiger charge is -2.44. The Morgan fingerprint density at radius 2 is 2.22 bits per heavy atom. The van der Waals surface area contributed by atoms with E-state index in [0.717, 1.165) is 12.0 Å². The Hall–Kier alpha value is -1.82. The predicted octanol–water partition coefficient (Wildman–Crippen LogP) is 2.69. The molecule has 0 saturated carbocycles. The first-order valence-electron chi connectivity index (χ1n) is 7.75. The van der Waals surface area contributed by atoms with E-state index in [0.29, 0.717) is 16.5 Å². The van der Waals surface area contributed by atoms with Gasteiger partial charge in [-0.3, -0.25) is 4.79 Å². The molecule has 1 heterocycles. The lowest BCUT2D eigenvalue weighted by Crippen LogP contribution is -2.61. The molecular formula is C17H25N3O2S. The van der Waals surface area contributed by atoms with Crippen molar-refractivity contribution in [3.05, 3.63) is 23.8 Å². The number of carbonyl (C=O) groups is 1. The molecule has 0 spiro atoms. The van der Waals surface area contributed by atoms with Gasteiger partial charge < -0.3 is 20.3 Å². The van der Waals surface area contributed by atoms with Crippen LogP contribution in [0.1, 0.15) is 32.8 Å². The summed E-state index contributed by atoms with van der Waals surface area (Å²) in [6.07, 6.45) is 0.925. The summed E-state index contributed by atoms with van der Waals surface area (Å²) >= 11 is 5.42. The minimum atomic E-state index is -0.107. The number of ether oxygens (including phenoxy) is 1. The molecule has 1 unspecified atom stereocenters. The Bertz CT molecular complexity index is 616. The number of hydrogen-bond acceptors (Lipinski definition) is 3. The number of carbonyl (C=O) groups excluding carboxylic acids is 1. The molecule has 5 nitrogen and oxygen atoms in total. The van der Waals surface area contributed by atoms with Gasteiger partial charge in [0.2, 0.25) is 5.91 Å². The Balaban J connectivity index is 2.05. The molecule has 1 atom stereocenters. The van der Waals surface area contributed by atoms with E-state index in [-0.39, 0.29) is 24.0 Å². The number of benzene rings is 1. The van der Waals surface area contributed by atoms with Crippen LogP contribution in [0.5, 0.6) is 5.75 Å². The SMILES string of the molecule is COc1ccc(C)cc1NC(=O)CN1C(=S)NC(C)(C)CC1C. The maximum atomic E-state index is 12.4. The standard InChI is InChI=1S/C17H25N3O2S/c1-11-6-7-14(22-5)13(8-11)18-15(21)10-20-12(2)9-17(3,4)19-16(20)23/h6-8,12H,9-10H2,1-5H3,(H,18,21)(H,19,23). The van der Waals surface area contributed by atoms with Gasteiger partial charge in [-0.2, -0.15) is 0 Å². The molecule has 1 aliphatic heterocycles. The third-order valence-corrected chi connectivity index (χ3v) is 4.32. The third-order valence-electron chi connectivity index (χ3n) is 3.99. The summed E-state index contributed by atoms with van der Waals surface area (Å²) in [5.74, 6) is 0.544. The highest BCUT2D eigenvalue weighted by atomic mass is 32.1. The zero-order chi connectivity index (χ0) is 17.2. The van der Waals surface area contributed by atoms with Crippen LogP contribution in [0.2, 0.25) is 0 Å². The summed E-state index contributed by atoms with van der Waals surface area (Å²) in [7, 11) is 1.59. The van der Waals surface area contributed by atoms with Crippen molar-refractivity contribution in [1.82, 2.24) is 10.2 Å². The van der Waals surface area contributed by atoms with Gasteiger partial charge in [-0.05, 0) is 64.0 Å². The van der Waals surface area contributed by atoms with Crippen LogP contribution in [0, 0.1) is 6.92 Å². The number of thiocarbonyl (C=S) groups is 1. The first-order valence-corrected chi connectivity index (χ1v) is 8.16. The molecule has 1 aliphatic rings. The van der Waals surface area contributed by atoms with E-state index in [2.05, 4.69) is 31.4 Å². The Morgan fingerprint density at radius 3 is 2.83 bits per heavy atom. The molecule has 0 bridgehead atoms.